The second-order valence-corrected chi connectivity index (χ2v) is 3.80. The van der Waals surface area contributed by atoms with E-state index in [1.54, 1.807) is 0 Å². The number of carbonyl (C=O) groups excluding carboxylic acids is 1. The van der Waals surface area contributed by atoms with Gasteiger partial charge in [-0.25, -0.2) is 0 Å². The van der Waals surface area contributed by atoms with Crippen molar-refractivity contribution >= 4 is 19.6 Å². The van der Waals surface area contributed by atoms with Crippen LogP contribution in [0.2, 0.25) is 0 Å². The van der Waals surface area contributed by atoms with Crippen LogP contribution in [-0.2, 0) is 4.79 Å². The molecule has 1 amide bonds. The minimum absolute atomic E-state index is 0.195. The van der Waals surface area contributed by atoms with Gasteiger partial charge in [-0.3, -0.25) is 9.59 Å². The molecule has 0 aromatic carbocycles. The van der Waals surface area contributed by atoms with Gasteiger partial charge in [-0.05, 0) is 31.6 Å². The molecule has 4 nitrogen and oxygen atoms in total. The van der Waals surface area contributed by atoms with Crippen LogP contribution >= 0.6 is 0 Å². The van der Waals surface area contributed by atoms with Crippen LogP contribution in [0.15, 0.2) is 0 Å². The number of aliphatic carboxylic acids is 1. The van der Waals surface area contributed by atoms with Crippen molar-refractivity contribution in [1.82, 2.24) is 5.32 Å². The largest absolute Gasteiger partial charge is 0.481 e. The molecule has 5 heteroatoms. The normalized spacial score (nSPS) is 26.9. The van der Waals surface area contributed by atoms with E-state index in [0.29, 0.717) is 25.3 Å². The fraction of sp³-hybridized carbons (Fsp3) is 0.778. The Kier molecular flexibility index (Phi) is 3.98. The highest BCUT2D eigenvalue weighted by Crippen LogP contribution is 2.28. The zero-order valence-electron chi connectivity index (χ0n) is 8.03. The molecule has 0 aliphatic heterocycles. The zero-order chi connectivity index (χ0) is 10.6. The van der Waals surface area contributed by atoms with Gasteiger partial charge in [0.25, 0.3) is 0 Å². The maximum absolute atomic E-state index is 10.6. The number of carboxylic acids is 1. The highest BCUT2D eigenvalue weighted by Gasteiger charge is 2.25. The fourth-order valence-corrected chi connectivity index (χ4v) is 1.86. The Morgan fingerprint density at radius 2 is 1.86 bits per heavy atom. The summed E-state index contributed by atoms with van der Waals surface area (Å²) in [6.45, 7) is 0.571. The number of amides is 1. The highest BCUT2D eigenvalue weighted by atomic mass is 16.4. The van der Waals surface area contributed by atoms with Crippen LogP contribution in [0.4, 0.5) is 4.79 Å². The Hall–Kier alpha value is -0.995. The molecule has 14 heavy (non-hydrogen) atoms. The lowest BCUT2D eigenvalue weighted by Crippen LogP contribution is -2.31. The van der Waals surface area contributed by atoms with Gasteiger partial charge in [-0.2, -0.15) is 0 Å². The van der Waals surface area contributed by atoms with E-state index < -0.39 is 11.8 Å². The van der Waals surface area contributed by atoms with E-state index in [-0.39, 0.29) is 5.92 Å². The van der Waals surface area contributed by atoms with E-state index in [9.17, 15) is 9.59 Å². The third-order valence-electron chi connectivity index (χ3n) is 2.76. The van der Waals surface area contributed by atoms with Gasteiger partial charge in [0.1, 0.15) is 0 Å². The summed E-state index contributed by atoms with van der Waals surface area (Å²) in [5.74, 6) is -1.02. The summed E-state index contributed by atoms with van der Waals surface area (Å²) in [6.07, 6.45) is 3.13. The topological polar surface area (TPSA) is 66.4 Å². The summed E-state index contributed by atoms with van der Waals surface area (Å²) >= 11 is 0. The SMILES string of the molecule is [B]C(=O)NCC1CCC(C(=O)O)CC1. The summed E-state index contributed by atoms with van der Waals surface area (Å²) in [5, 5.41) is 11.3. The second kappa shape index (κ2) is 5.03. The summed E-state index contributed by atoms with van der Waals surface area (Å²) in [5.41, 5.74) is 0. The maximum Gasteiger partial charge on any atom is 0.306 e. The van der Waals surface area contributed by atoms with Gasteiger partial charge >= 0.3 is 5.97 Å². The van der Waals surface area contributed by atoms with Crippen LogP contribution in [0.3, 0.4) is 0 Å². The molecule has 1 fully saturated rings. The number of carboxylic acid groups (broad SMARTS) is 1. The molecule has 0 atom stereocenters. The van der Waals surface area contributed by atoms with Gasteiger partial charge in [0, 0.05) is 6.54 Å². The van der Waals surface area contributed by atoms with Crippen molar-refractivity contribution in [2.45, 2.75) is 25.7 Å². The minimum atomic E-state index is -0.702. The predicted molar refractivity (Wildman–Crippen MR) is 52.2 cm³/mol. The molecule has 0 aromatic heterocycles. The van der Waals surface area contributed by atoms with E-state index in [1.165, 1.54) is 0 Å². The first kappa shape index (κ1) is 11.1. The van der Waals surface area contributed by atoms with Gasteiger partial charge in [0.2, 0.25) is 0 Å². The molecule has 0 spiro atoms. The maximum atomic E-state index is 10.6. The van der Waals surface area contributed by atoms with Crippen LogP contribution in [0, 0.1) is 11.8 Å². The molecule has 76 valence electrons. The number of carbonyl (C=O) groups is 2. The quantitative estimate of drug-likeness (QED) is 0.653. The van der Waals surface area contributed by atoms with Crippen molar-refractivity contribution in [3.8, 4) is 0 Å². The molecular formula is C9H14BNO3. The average molecular weight is 195 g/mol. The Balaban J connectivity index is 2.22. The lowest BCUT2D eigenvalue weighted by Gasteiger charge is -2.25. The molecule has 1 rings (SSSR count). The Morgan fingerprint density at radius 1 is 1.29 bits per heavy atom. The Morgan fingerprint density at radius 3 is 2.29 bits per heavy atom. The standard InChI is InChI=1S/C9H14BNO3/c10-9(14)11-5-6-1-3-7(4-2-6)8(12)13/h6-7H,1-5H2,(H,11,14)(H,12,13). The van der Waals surface area contributed by atoms with Gasteiger partial charge < -0.3 is 10.4 Å². The molecule has 1 saturated carbocycles. The molecule has 1 aliphatic carbocycles. The van der Waals surface area contributed by atoms with E-state index >= 15 is 0 Å². The molecule has 2 radical (unpaired) electrons. The molecule has 0 unspecified atom stereocenters. The highest BCUT2D eigenvalue weighted by molar-refractivity contribution is 6.57. The third kappa shape index (κ3) is 3.40. The van der Waals surface area contributed by atoms with Crippen LogP contribution < -0.4 is 5.32 Å². The van der Waals surface area contributed by atoms with Crippen LogP contribution in [0.25, 0.3) is 0 Å². The Labute approximate surface area is 84.5 Å². The fourth-order valence-electron chi connectivity index (χ4n) is 1.86. The monoisotopic (exact) mass is 195 g/mol. The van der Waals surface area contributed by atoms with Crippen molar-refractivity contribution in [2.24, 2.45) is 11.8 Å². The summed E-state index contributed by atoms with van der Waals surface area (Å²) in [6, 6.07) is 0. The lowest BCUT2D eigenvalue weighted by atomic mass is 9.82. The number of nitrogens with one attached hydrogen (secondary N) is 1. The van der Waals surface area contributed by atoms with E-state index in [4.69, 9.17) is 13.0 Å². The minimum Gasteiger partial charge on any atom is -0.481 e. The van der Waals surface area contributed by atoms with E-state index in [1.807, 2.05) is 0 Å². The first-order chi connectivity index (χ1) is 6.59. The van der Waals surface area contributed by atoms with Crippen LogP contribution in [-0.4, -0.2) is 31.3 Å². The van der Waals surface area contributed by atoms with Gasteiger partial charge in [0.05, 0.1) is 5.92 Å². The lowest BCUT2D eigenvalue weighted by molar-refractivity contribution is -0.143. The van der Waals surface area contributed by atoms with E-state index in [0.717, 1.165) is 12.8 Å². The third-order valence-corrected chi connectivity index (χ3v) is 2.76. The summed E-state index contributed by atoms with van der Waals surface area (Å²) in [4.78, 5) is 21.1. The first-order valence-electron chi connectivity index (χ1n) is 4.85. The number of hydrogen-bond acceptors (Lipinski definition) is 2. The van der Waals surface area contributed by atoms with Crippen molar-refractivity contribution in [1.29, 1.82) is 0 Å². The van der Waals surface area contributed by atoms with Crippen molar-refractivity contribution < 1.29 is 14.7 Å². The van der Waals surface area contributed by atoms with E-state index in [2.05, 4.69) is 5.32 Å². The van der Waals surface area contributed by atoms with Crippen molar-refractivity contribution in [3.05, 3.63) is 0 Å². The van der Waals surface area contributed by atoms with Crippen LogP contribution in [0.1, 0.15) is 25.7 Å². The average Bonchev–Trinajstić information content (AvgIpc) is 2.15. The van der Waals surface area contributed by atoms with Gasteiger partial charge in [-0.1, -0.05) is 0 Å². The van der Waals surface area contributed by atoms with Crippen molar-refractivity contribution in [3.63, 3.8) is 0 Å². The molecule has 1 aliphatic rings. The summed E-state index contributed by atoms with van der Waals surface area (Å²) in [7, 11) is 4.94. The molecular weight excluding hydrogens is 181 g/mol. The molecule has 0 saturated heterocycles. The number of hydrogen-bond donors (Lipinski definition) is 2. The van der Waals surface area contributed by atoms with Crippen molar-refractivity contribution in [2.75, 3.05) is 6.54 Å². The Bertz CT molecular complexity index is 224. The van der Waals surface area contributed by atoms with Gasteiger partial charge in [0.15, 0.2) is 13.7 Å². The molecule has 2 N–H and O–H groups in total. The molecule has 0 aromatic rings. The van der Waals surface area contributed by atoms with Gasteiger partial charge in [-0.15, -0.1) is 0 Å². The smallest absolute Gasteiger partial charge is 0.306 e. The molecule has 0 heterocycles. The van der Waals surface area contributed by atoms with Crippen LogP contribution in [0.5, 0.6) is 0 Å². The number of rotatable bonds is 3. The zero-order valence-corrected chi connectivity index (χ0v) is 8.03. The second-order valence-electron chi connectivity index (χ2n) is 3.80. The molecule has 0 bridgehead atoms. The summed E-state index contributed by atoms with van der Waals surface area (Å²) < 4.78 is 0. The first-order valence-corrected chi connectivity index (χ1v) is 4.85. The predicted octanol–water partition coefficient (Wildman–Crippen LogP) is 0.755.